The first-order valence-corrected chi connectivity index (χ1v) is 3.56. The Morgan fingerprint density at radius 1 is 1.20 bits per heavy atom. The van der Waals surface area contributed by atoms with E-state index in [2.05, 4.69) is 11.7 Å². The zero-order valence-corrected chi connectivity index (χ0v) is 7.39. The van der Waals surface area contributed by atoms with Crippen molar-refractivity contribution in [3.05, 3.63) is 24.9 Å². The van der Waals surface area contributed by atoms with Crippen molar-refractivity contribution in [3.8, 4) is 0 Å². The van der Waals surface area contributed by atoms with Gasteiger partial charge in [-0.05, 0) is 6.08 Å². The molecule has 0 aromatic rings. The fraction of sp³-hybridized carbons (Fsp3) is 0.500. The van der Waals surface area contributed by atoms with E-state index in [9.17, 15) is 0 Å². The molecule has 2 heteroatoms. The van der Waals surface area contributed by atoms with Gasteiger partial charge in [0.15, 0.2) is 0 Å². The summed E-state index contributed by atoms with van der Waals surface area (Å²) in [6.07, 6.45) is 4.51. The molecule has 0 heterocycles. The Kier molecular flexibility index (Phi) is 68.5. The molecule has 0 aliphatic carbocycles. The van der Waals surface area contributed by atoms with E-state index in [-0.39, 0.29) is 0 Å². The maximum atomic E-state index is 6.20. The van der Waals surface area contributed by atoms with Crippen molar-refractivity contribution in [2.45, 2.75) is 27.7 Å². The number of hydrogen-bond donors (Lipinski definition) is 1. The molecule has 0 bridgehead atoms. The lowest BCUT2D eigenvalue weighted by atomic mass is 10.6. The number of hydrogen-bond acceptors (Lipinski definition) is 2. The van der Waals surface area contributed by atoms with Crippen molar-refractivity contribution in [3.63, 3.8) is 0 Å². The van der Waals surface area contributed by atoms with E-state index in [4.69, 9.17) is 5.53 Å². The van der Waals surface area contributed by atoms with Crippen LogP contribution in [0.15, 0.2) is 30.0 Å². The first-order chi connectivity index (χ1) is 4.91. The average Bonchev–Trinajstić information content (AvgIpc) is 2.08. The summed E-state index contributed by atoms with van der Waals surface area (Å²) in [5, 5.41) is 2.92. The predicted octanol–water partition coefficient (Wildman–Crippen LogP) is 3.77. The highest BCUT2D eigenvalue weighted by atomic mass is 14.9. The Balaban J connectivity index is -0.000000105. The standard InChI is InChI=1S/C4H6N2.2C2H6/c1-2-3-4-6-5;2*1-2/h2-5H,1H2;2*1-2H3/b4-3-,6-5?;;. The Bertz CT molecular complexity index is 65.3. The van der Waals surface area contributed by atoms with Crippen LogP contribution in [-0.4, -0.2) is 0 Å². The highest BCUT2D eigenvalue weighted by Crippen LogP contribution is 1.69. The summed E-state index contributed by atoms with van der Waals surface area (Å²) >= 11 is 0. The van der Waals surface area contributed by atoms with Gasteiger partial charge in [-0.25, -0.2) is 5.53 Å². The molecule has 0 radical (unpaired) electrons. The summed E-state index contributed by atoms with van der Waals surface area (Å²) in [6, 6.07) is 0. The van der Waals surface area contributed by atoms with Crippen LogP contribution < -0.4 is 0 Å². The van der Waals surface area contributed by atoms with Crippen LogP contribution in [0.1, 0.15) is 27.7 Å². The monoisotopic (exact) mass is 142 g/mol. The highest BCUT2D eigenvalue weighted by Gasteiger charge is 1.49. The van der Waals surface area contributed by atoms with E-state index in [1.54, 1.807) is 12.2 Å². The molecule has 0 fully saturated rings. The molecule has 0 rings (SSSR count). The molecule has 2 nitrogen and oxygen atoms in total. The van der Waals surface area contributed by atoms with Gasteiger partial charge in [-0.3, -0.25) is 0 Å². The molecule has 0 saturated heterocycles. The minimum absolute atomic E-state index is 1.35. The molecule has 0 aliphatic heterocycles. The quantitative estimate of drug-likeness (QED) is 0.450. The third kappa shape index (κ3) is 60.5. The second-order valence-electron chi connectivity index (χ2n) is 0.706. The van der Waals surface area contributed by atoms with E-state index >= 15 is 0 Å². The first-order valence-electron chi connectivity index (χ1n) is 3.56. The zero-order chi connectivity index (χ0) is 8.83. The van der Waals surface area contributed by atoms with Crippen LogP contribution in [0.2, 0.25) is 0 Å². The van der Waals surface area contributed by atoms with Gasteiger partial charge in [0, 0.05) is 6.20 Å². The minimum atomic E-state index is 1.35. The van der Waals surface area contributed by atoms with Crippen LogP contribution in [0.3, 0.4) is 0 Å². The van der Waals surface area contributed by atoms with Crippen molar-refractivity contribution in [1.29, 1.82) is 5.53 Å². The fourth-order valence-electron chi connectivity index (χ4n) is 0.104. The lowest BCUT2D eigenvalue weighted by molar-refractivity contribution is 1.14. The van der Waals surface area contributed by atoms with Gasteiger partial charge >= 0.3 is 0 Å². The number of nitrogens with zero attached hydrogens (tertiary/aromatic N) is 1. The summed E-state index contributed by atoms with van der Waals surface area (Å²) in [4.78, 5) is 0. The molecule has 10 heavy (non-hydrogen) atoms. The van der Waals surface area contributed by atoms with Crippen molar-refractivity contribution in [2.24, 2.45) is 5.11 Å². The Morgan fingerprint density at radius 3 is 1.70 bits per heavy atom. The van der Waals surface area contributed by atoms with Crippen LogP contribution >= 0.6 is 0 Å². The molecule has 0 spiro atoms. The average molecular weight is 142 g/mol. The van der Waals surface area contributed by atoms with Crippen molar-refractivity contribution in [2.75, 3.05) is 0 Å². The van der Waals surface area contributed by atoms with Crippen LogP contribution in [0.25, 0.3) is 0 Å². The highest BCUT2D eigenvalue weighted by molar-refractivity contribution is 4.94. The van der Waals surface area contributed by atoms with E-state index in [1.807, 2.05) is 27.7 Å². The second-order valence-corrected chi connectivity index (χ2v) is 0.706. The summed E-state index contributed by atoms with van der Waals surface area (Å²) in [6.45, 7) is 11.4. The molecule has 60 valence electrons. The van der Waals surface area contributed by atoms with Gasteiger partial charge in [-0.1, -0.05) is 40.3 Å². The van der Waals surface area contributed by atoms with E-state index < -0.39 is 0 Å². The third-order valence-electron chi connectivity index (χ3n) is 0.297. The third-order valence-corrected chi connectivity index (χ3v) is 0.297. The van der Waals surface area contributed by atoms with Gasteiger partial charge in [0.2, 0.25) is 0 Å². The maximum absolute atomic E-state index is 6.20. The van der Waals surface area contributed by atoms with Crippen molar-refractivity contribution < 1.29 is 0 Å². The number of rotatable bonds is 2. The Labute approximate surface area is 64.2 Å². The molecular weight excluding hydrogens is 124 g/mol. The number of allylic oxidation sites excluding steroid dienone is 2. The van der Waals surface area contributed by atoms with Gasteiger partial charge in [0.1, 0.15) is 0 Å². The molecule has 0 amide bonds. The predicted molar refractivity (Wildman–Crippen MR) is 47.2 cm³/mol. The molecule has 0 aromatic heterocycles. The molecule has 0 saturated carbocycles. The minimum Gasteiger partial charge on any atom is -0.205 e. The van der Waals surface area contributed by atoms with Gasteiger partial charge in [0.25, 0.3) is 0 Å². The van der Waals surface area contributed by atoms with Gasteiger partial charge in [0.05, 0.1) is 0 Å². The molecule has 0 aromatic carbocycles. The Morgan fingerprint density at radius 2 is 1.60 bits per heavy atom. The van der Waals surface area contributed by atoms with Crippen LogP contribution in [0.5, 0.6) is 0 Å². The number of nitrogens with one attached hydrogen (secondary N) is 1. The molecule has 1 N–H and O–H groups in total. The second kappa shape index (κ2) is 42.7. The van der Waals surface area contributed by atoms with Crippen LogP contribution in [-0.2, 0) is 0 Å². The van der Waals surface area contributed by atoms with Crippen molar-refractivity contribution in [1.82, 2.24) is 0 Å². The van der Waals surface area contributed by atoms with Crippen LogP contribution in [0, 0.1) is 5.53 Å². The van der Waals surface area contributed by atoms with E-state index in [0.717, 1.165) is 0 Å². The smallest absolute Gasteiger partial charge is 0.0488 e. The van der Waals surface area contributed by atoms with E-state index in [0.29, 0.717) is 0 Å². The van der Waals surface area contributed by atoms with Gasteiger partial charge in [-0.2, -0.15) is 5.11 Å². The summed E-state index contributed by atoms with van der Waals surface area (Å²) in [5.74, 6) is 0. The zero-order valence-electron chi connectivity index (χ0n) is 7.39. The first kappa shape index (κ1) is 16.0. The maximum Gasteiger partial charge on any atom is 0.0488 e. The Hall–Kier alpha value is -0.920. The lowest BCUT2D eigenvalue weighted by Crippen LogP contribution is -1.38. The lowest BCUT2D eigenvalue weighted by Gasteiger charge is -1.59. The topological polar surface area (TPSA) is 36.2 Å². The SMILES string of the molecule is C=C/C=C\N=N.CC.CC. The van der Waals surface area contributed by atoms with Gasteiger partial charge in [-0.15, -0.1) is 0 Å². The largest absolute Gasteiger partial charge is 0.205 e. The molecule has 0 aliphatic rings. The molecule has 0 unspecified atom stereocenters. The molecule has 0 atom stereocenters. The van der Waals surface area contributed by atoms with E-state index in [1.165, 1.54) is 6.20 Å². The summed E-state index contributed by atoms with van der Waals surface area (Å²) in [5.41, 5.74) is 6.20. The normalized spacial score (nSPS) is 6.40. The fourth-order valence-corrected chi connectivity index (χ4v) is 0.104. The van der Waals surface area contributed by atoms with Crippen molar-refractivity contribution >= 4 is 0 Å². The van der Waals surface area contributed by atoms with Crippen LogP contribution in [0.4, 0.5) is 0 Å². The summed E-state index contributed by atoms with van der Waals surface area (Å²) in [7, 11) is 0. The molecular formula is C8H18N2. The van der Waals surface area contributed by atoms with Gasteiger partial charge < -0.3 is 0 Å². The summed E-state index contributed by atoms with van der Waals surface area (Å²) < 4.78 is 0.